The fourth-order valence-electron chi connectivity index (χ4n) is 1.68. The number of carboxylic acid groups (broad SMARTS) is 1. The zero-order valence-corrected chi connectivity index (χ0v) is 10.4. The van der Waals surface area contributed by atoms with Gasteiger partial charge in [-0.1, -0.05) is 24.3 Å². The van der Waals surface area contributed by atoms with Gasteiger partial charge in [-0.2, -0.15) is 0 Å². The second-order valence-electron chi connectivity index (χ2n) is 4.52. The third-order valence-corrected chi connectivity index (χ3v) is 2.58. The summed E-state index contributed by atoms with van der Waals surface area (Å²) in [6.07, 6.45) is 0.586. The average Bonchev–Trinajstić information content (AvgIpc) is 2.26. The summed E-state index contributed by atoms with van der Waals surface area (Å²) in [5.41, 5.74) is 8.14. The van der Waals surface area contributed by atoms with Gasteiger partial charge in [-0.3, -0.25) is 4.79 Å². The molecule has 0 saturated carbocycles. The molecule has 0 bridgehead atoms. The minimum atomic E-state index is -0.801. The summed E-state index contributed by atoms with van der Waals surface area (Å²) in [5, 5.41) is 8.59. The molecule has 4 nitrogen and oxygen atoms in total. The molecule has 0 fully saturated rings. The van der Waals surface area contributed by atoms with E-state index in [0.717, 1.165) is 12.1 Å². The van der Waals surface area contributed by atoms with Gasteiger partial charge in [0, 0.05) is 19.0 Å². The highest BCUT2D eigenvalue weighted by Crippen LogP contribution is 2.16. The molecule has 94 valence electrons. The predicted octanol–water partition coefficient (Wildman–Crippen LogP) is 1.61. The van der Waals surface area contributed by atoms with Crippen LogP contribution in [0.1, 0.15) is 30.0 Å². The van der Waals surface area contributed by atoms with Crippen LogP contribution in [0.15, 0.2) is 24.3 Å². The number of rotatable bonds is 6. The van der Waals surface area contributed by atoms with Crippen molar-refractivity contribution in [2.24, 2.45) is 5.73 Å². The van der Waals surface area contributed by atoms with Gasteiger partial charge in [0.05, 0.1) is 0 Å². The first-order chi connectivity index (χ1) is 7.99. The largest absolute Gasteiger partial charge is 0.481 e. The topological polar surface area (TPSA) is 66.6 Å². The maximum absolute atomic E-state index is 10.4. The summed E-state index contributed by atoms with van der Waals surface area (Å²) in [5.74, 6) is -0.801. The third kappa shape index (κ3) is 4.97. The van der Waals surface area contributed by atoms with Gasteiger partial charge in [0.1, 0.15) is 0 Å². The normalized spacial score (nSPS) is 12.7. The predicted molar refractivity (Wildman–Crippen MR) is 67.6 cm³/mol. The van der Waals surface area contributed by atoms with Gasteiger partial charge in [-0.25, -0.2) is 0 Å². The lowest BCUT2D eigenvalue weighted by Crippen LogP contribution is -2.13. The van der Waals surface area contributed by atoms with E-state index in [1.165, 1.54) is 5.56 Å². The Kier molecular flexibility index (Phi) is 5.12. The Hall–Kier alpha value is -1.39. The molecule has 1 aromatic carbocycles. The molecular formula is C13H20N2O2. The first-order valence-electron chi connectivity index (χ1n) is 5.70. The highest BCUT2D eigenvalue weighted by molar-refractivity contribution is 5.66. The monoisotopic (exact) mass is 236 g/mol. The molecule has 1 atom stereocenters. The van der Waals surface area contributed by atoms with E-state index in [2.05, 4.69) is 4.90 Å². The zero-order valence-electron chi connectivity index (χ0n) is 10.4. The van der Waals surface area contributed by atoms with Crippen molar-refractivity contribution in [1.82, 2.24) is 4.90 Å². The average molecular weight is 236 g/mol. The van der Waals surface area contributed by atoms with Crippen molar-refractivity contribution in [3.8, 4) is 0 Å². The van der Waals surface area contributed by atoms with E-state index >= 15 is 0 Å². The van der Waals surface area contributed by atoms with Crippen molar-refractivity contribution in [1.29, 1.82) is 0 Å². The molecule has 17 heavy (non-hydrogen) atoms. The highest BCUT2D eigenvalue weighted by Gasteiger charge is 2.08. The summed E-state index contributed by atoms with van der Waals surface area (Å²) in [6.45, 7) is 0.893. The van der Waals surface area contributed by atoms with Crippen LogP contribution < -0.4 is 5.73 Å². The maximum Gasteiger partial charge on any atom is 0.303 e. The Morgan fingerprint density at radius 1 is 1.35 bits per heavy atom. The molecule has 1 unspecified atom stereocenters. The van der Waals surface area contributed by atoms with Gasteiger partial charge >= 0.3 is 5.97 Å². The zero-order chi connectivity index (χ0) is 12.8. The van der Waals surface area contributed by atoms with E-state index in [9.17, 15) is 4.79 Å². The quantitative estimate of drug-likeness (QED) is 0.787. The Morgan fingerprint density at radius 3 is 2.41 bits per heavy atom. The number of hydrogen-bond donors (Lipinski definition) is 2. The minimum Gasteiger partial charge on any atom is -0.481 e. The Labute approximate surface area is 102 Å². The van der Waals surface area contributed by atoms with Crippen molar-refractivity contribution < 1.29 is 9.90 Å². The molecule has 0 spiro atoms. The maximum atomic E-state index is 10.4. The molecular weight excluding hydrogens is 216 g/mol. The number of hydrogen-bond acceptors (Lipinski definition) is 3. The van der Waals surface area contributed by atoms with Gasteiger partial charge in [-0.15, -0.1) is 0 Å². The number of nitrogens with two attached hydrogens (primary N) is 1. The van der Waals surface area contributed by atoms with Crippen LogP contribution >= 0.6 is 0 Å². The molecule has 0 aliphatic heterocycles. The Balaban J connectivity index is 2.57. The van der Waals surface area contributed by atoms with Crippen LogP contribution in [-0.2, 0) is 11.3 Å². The lowest BCUT2D eigenvalue weighted by Gasteiger charge is -2.13. The Bertz CT molecular complexity index is 360. The first kappa shape index (κ1) is 13.7. The van der Waals surface area contributed by atoms with Crippen LogP contribution in [-0.4, -0.2) is 30.1 Å². The molecule has 0 aromatic heterocycles. The number of nitrogens with zero attached hydrogens (tertiary/aromatic N) is 1. The van der Waals surface area contributed by atoms with Gasteiger partial charge in [0.15, 0.2) is 0 Å². The minimum absolute atomic E-state index is 0.112. The van der Waals surface area contributed by atoms with Crippen LogP contribution in [0.4, 0.5) is 0 Å². The number of carbonyl (C=O) groups is 1. The molecule has 0 aliphatic carbocycles. The molecule has 1 rings (SSSR count). The summed E-state index contributed by atoms with van der Waals surface area (Å²) < 4.78 is 0. The van der Waals surface area contributed by atoms with Gasteiger partial charge in [0.25, 0.3) is 0 Å². The second-order valence-corrected chi connectivity index (χ2v) is 4.52. The molecule has 0 heterocycles. The summed E-state index contributed by atoms with van der Waals surface area (Å²) >= 11 is 0. The second kappa shape index (κ2) is 6.37. The molecule has 3 N–H and O–H groups in total. The molecule has 4 heteroatoms. The van der Waals surface area contributed by atoms with Gasteiger partial charge in [-0.05, 0) is 31.6 Å². The van der Waals surface area contributed by atoms with Crippen LogP contribution in [0.25, 0.3) is 0 Å². The number of aliphatic carboxylic acids is 1. The van der Waals surface area contributed by atoms with Gasteiger partial charge in [0.2, 0.25) is 0 Å². The molecule has 0 aliphatic rings. The fourth-order valence-corrected chi connectivity index (χ4v) is 1.68. The first-order valence-corrected chi connectivity index (χ1v) is 5.70. The third-order valence-electron chi connectivity index (χ3n) is 2.58. The summed E-state index contributed by atoms with van der Waals surface area (Å²) in [7, 11) is 4.04. The number of benzene rings is 1. The van der Waals surface area contributed by atoms with E-state index in [1.54, 1.807) is 0 Å². The van der Waals surface area contributed by atoms with Crippen molar-refractivity contribution in [3.63, 3.8) is 0 Å². The lowest BCUT2D eigenvalue weighted by molar-refractivity contribution is -0.137. The molecule has 0 amide bonds. The SMILES string of the molecule is CN(C)Cc1ccc(C(N)CCC(=O)O)cc1. The van der Waals surface area contributed by atoms with Crippen molar-refractivity contribution in [2.75, 3.05) is 14.1 Å². The smallest absolute Gasteiger partial charge is 0.303 e. The van der Waals surface area contributed by atoms with E-state index in [1.807, 2.05) is 38.4 Å². The van der Waals surface area contributed by atoms with Crippen LogP contribution in [0, 0.1) is 0 Å². The lowest BCUT2D eigenvalue weighted by atomic mass is 10.0. The molecule has 1 aromatic rings. The molecule has 0 saturated heterocycles. The van der Waals surface area contributed by atoms with Gasteiger partial charge < -0.3 is 15.7 Å². The van der Waals surface area contributed by atoms with E-state index in [0.29, 0.717) is 6.42 Å². The Morgan fingerprint density at radius 2 is 1.94 bits per heavy atom. The standard InChI is InChI=1S/C13H20N2O2/c1-15(2)9-10-3-5-11(6-4-10)12(14)7-8-13(16)17/h3-6,12H,7-9,14H2,1-2H3,(H,16,17). The van der Waals surface area contributed by atoms with Crippen molar-refractivity contribution >= 4 is 5.97 Å². The van der Waals surface area contributed by atoms with E-state index < -0.39 is 5.97 Å². The van der Waals surface area contributed by atoms with Crippen molar-refractivity contribution in [2.45, 2.75) is 25.4 Å². The van der Waals surface area contributed by atoms with Crippen LogP contribution in [0.5, 0.6) is 0 Å². The summed E-state index contributed by atoms with van der Waals surface area (Å²) in [4.78, 5) is 12.5. The highest BCUT2D eigenvalue weighted by atomic mass is 16.4. The van der Waals surface area contributed by atoms with Crippen LogP contribution in [0.3, 0.4) is 0 Å². The fraction of sp³-hybridized carbons (Fsp3) is 0.462. The van der Waals surface area contributed by atoms with Crippen LogP contribution in [0.2, 0.25) is 0 Å². The van der Waals surface area contributed by atoms with Crippen molar-refractivity contribution in [3.05, 3.63) is 35.4 Å². The van der Waals surface area contributed by atoms with E-state index in [4.69, 9.17) is 10.8 Å². The number of carboxylic acids is 1. The molecule has 0 radical (unpaired) electrons. The van der Waals surface area contributed by atoms with E-state index in [-0.39, 0.29) is 12.5 Å². The summed E-state index contributed by atoms with van der Waals surface area (Å²) in [6, 6.07) is 7.84.